The fraction of sp³-hybridized carbons (Fsp3) is 0.875. The summed E-state index contributed by atoms with van der Waals surface area (Å²) in [5.41, 5.74) is 2.69. The third-order valence-corrected chi connectivity index (χ3v) is 13.1. The molecule has 0 radical (unpaired) electrons. The Bertz CT molecular complexity index is 306. The molecule has 2 fully saturated rings. The zero-order chi connectivity index (χ0) is 14.6. The first-order chi connectivity index (χ1) is 9.48. The maximum absolute atomic E-state index is 13.9. The van der Waals surface area contributed by atoms with Gasteiger partial charge in [0.05, 0.1) is 8.56 Å². The van der Waals surface area contributed by atoms with Crippen LogP contribution in [0.15, 0.2) is 12.3 Å². The Morgan fingerprint density at radius 3 is 1.62 bits per heavy atom. The van der Waals surface area contributed by atoms with E-state index in [1.807, 2.05) is 5.70 Å². The molecular formula is C16H31LiO2Si2. The molecule has 2 aliphatic carbocycles. The van der Waals surface area contributed by atoms with Gasteiger partial charge in [-0.3, -0.25) is 0 Å². The van der Waals surface area contributed by atoms with E-state index in [1.54, 1.807) is 0 Å². The predicted octanol–water partition coefficient (Wildman–Crippen LogP) is 1.41. The van der Waals surface area contributed by atoms with Crippen molar-refractivity contribution < 1.29 is 27.8 Å². The van der Waals surface area contributed by atoms with Crippen LogP contribution in [0, 0.1) is 0 Å². The van der Waals surface area contributed by atoms with Crippen LogP contribution in [-0.2, 0) is 4.12 Å². The molecule has 0 spiro atoms. The maximum Gasteiger partial charge on any atom is 1.00 e. The SMILES string of the molecule is C=C[Si](C)(C)O[Si]([O-])(C1CCCCC1)C1CCCCC1.[Li+]. The van der Waals surface area contributed by atoms with Gasteiger partial charge in [-0.2, -0.15) is 0 Å². The van der Waals surface area contributed by atoms with Crippen molar-refractivity contribution in [2.24, 2.45) is 0 Å². The molecule has 2 rings (SSSR count). The van der Waals surface area contributed by atoms with E-state index in [0.717, 1.165) is 25.7 Å². The molecule has 2 aliphatic rings. The molecule has 0 aromatic carbocycles. The second kappa shape index (κ2) is 8.52. The van der Waals surface area contributed by atoms with Gasteiger partial charge in [-0.05, 0) is 24.2 Å². The third kappa shape index (κ3) is 5.09. The van der Waals surface area contributed by atoms with E-state index >= 15 is 0 Å². The maximum atomic E-state index is 13.9. The molecule has 0 atom stereocenters. The standard InChI is InChI=1S/C16H31O2Si2.Li/c1-4-19(2,3)18-20(17,15-11-7-5-8-12-15)16-13-9-6-10-14-16;/h4,15-16H,1,5-14H2,2-3H3;/q-1;+1. The predicted molar refractivity (Wildman–Crippen MR) is 88.2 cm³/mol. The zero-order valence-electron chi connectivity index (χ0n) is 14.3. The van der Waals surface area contributed by atoms with Crippen LogP contribution in [0.4, 0.5) is 0 Å². The molecule has 2 saturated carbocycles. The van der Waals surface area contributed by atoms with Gasteiger partial charge in [-0.1, -0.05) is 69.9 Å². The minimum atomic E-state index is -2.86. The number of hydrogen-bond acceptors (Lipinski definition) is 2. The normalized spacial score (nSPS) is 22.6. The van der Waals surface area contributed by atoms with Crippen LogP contribution >= 0.6 is 0 Å². The molecule has 0 saturated heterocycles. The molecule has 0 unspecified atom stereocenters. The quantitative estimate of drug-likeness (QED) is 0.718. The topological polar surface area (TPSA) is 32.3 Å². The van der Waals surface area contributed by atoms with Gasteiger partial charge in [0.1, 0.15) is 0 Å². The van der Waals surface area contributed by atoms with E-state index < -0.39 is 16.9 Å². The van der Waals surface area contributed by atoms with E-state index in [-0.39, 0.29) is 18.9 Å². The second-order valence-corrected chi connectivity index (χ2v) is 14.8. The second-order valence-electron chi connectivity index (χ2n) is 7.30. The van der Waals surface area contributed by atoms with Gasteiger partial charge >= 0.3 is 18.9 Å². The van der Waals surface area contributed by atoms with Crippen molar-refractivity contribution in [3.8, 4) is 0 Å². The molecule has 0 aliphatic heterocycles. The molecule has 0 aromatic rings. The fourth-order valence-electron chi connectivity index (χ4n) is 3.96. The average Bonchev–Trinajstić information content (AvgIpc) is 2.48. The molecule has 116 valence electrons. The molecule has 0 heterocycles. The molecule has 0 amide bonds. The summed E-state index contributed by atoms with van der Waals surface area (Å²) in [5, 5.41) is 0. The van der Waals surface area contributed by atoms with Gasteiger partial charge in [0.15, 0.2) is 8.32 Å². The van der Waals surface area contributed by atoms with Crippen molar-refractivity contribution in [3.05, 3.63) is 12.3 Å². The Morgan fingerprint density at radius 2 is 1.29 bits per heavy atom. The van der Waals surface area contributed by atoms with Crippen molar-refractivity contribution >= 4 is 16.9 Å². The van der Waals surface area contributed by atoms with Gasteiger partial charge in [0.2, 0.25) is 0 Å². The van der Waals surface area contributed by atoms with E-state index in [2.05, 4.69) is 19.7 Å². The Hall–Kier alpha value is 0.691. The summed E-state index contributed by atoms with van der Waals surface area (Å²) in [7, 11) is -4.83. The molecule has 21 heavy (non-hydrogen) atoms. The molecule has 0 bridgehead atoms. The Balaban J connectivity index is 0.00000220. The summed E-state index contributed by atoms with van der Waals surface area (Å²) in [6.07, 6.45) is 12.1. The molecule has 0 N–H and O–H groups in total. The molecule has 2 nitrogen and oxygen atoms in total. The van der Waals surface area contributed by atoms with E-state index in [1.165, 1.54) is 38.5 Å². The Kier molecular flexibility index (Phi) is 8.01. The van der Waals surface area contributed by atoms with Crippen molar-refractivity contribution in [2.75, 3.05) is 0 Å². The minimum absolute atomic E-state index is 0. The van der Waals surface area contributed by atoms with Crippen molar-refractivity contribution in [3.63, 3.8) is 0 Å². The van der Waals surface area contributed by atoms with Crippen LogP contribution in [0.25, 0.3) is 0 Å². The Morgan fingerprint density at radius 1 is 0.905 bits per heavy atom. The van der Waals surface area contributed by atoms with Crippen LogP contribution in [0.3, 0.4) is 0 Å². The van der Waals surface area contributed by atoms with Crippen LogP contribution in [0.1, 0.15) is 64.2 Å². The van der Waals surface area contributed by atoms with Gasteiger partial charge in [-0.25, -0.2) is 0 Å². The smallest absolute Gasteiger partial charge is 0.838 e. The van der Waals surface area contributed by atoms with Crippen LogP contribution < -0.4 is 23.7 Å². The number of rotatable bonds is 5. The molecular weight excluding hydrogens is 287 g/mol. The summed E-state index contributed by atoms with van der Waals surface area (Å²) in [6, 6.07) is 0. The number of hydrogen-bond donors (Lipinski definition) is 0. The monoisotopic (exact) mass is 318 g/mol. The van der Waals surface area contributed by atoms with Gasteiger partial charge in [0.25, 0.3) is 0 Å². The Labute approximate surface area is 145 Å². The van der Waals surface area contributed by atoms with Crippen LogP contribution in [0.2, 0.25) is 24.2 Å². The van der Waals surface area contributed by atoms with Crippen molar-refractivity contribution in [1.29, 1.82) is 0 Å². The largest absolute Gasteiger partial charge is 1.00 e. The average molecular weight is 319 g/mol. The molecule has 5 heteroatoms. The first-order valence-electron chi connectivity index (χ1n) is 8.52. The van der Waals surface area contributed by atoms with E-state index in [4.69, 9.17) is 4.12 Å². The zero-order valence-corrected chi connectivity index (χ0v) is 16.3. The van der Waals surface area contributed by atoms with Crippen molar-refractivity contribution in [2.45, 2.75) is 88.4 Å². The fourth-order valence-corrected chi connectivity index (χ4v) is 12.0. The van der Waals surface area contributed by atoms with Gasteiger partial charge in [-0.15, -0.1) is 6.58 Å². The van der Waals surface area contributed by atoms with Crippen molar-refractivity contribution in [1.82, 2.24) is 0 Å². The van der Waals surface area contributed by atoms with Crippen LogP contribution in [-0.4, -0.2) is 16.9 Å². The van der Waals surface area contributed by atoms with E-state index in [9.17, 15) is 4.80 Å². The summed E-state index contributed by atoms with van der Waals surface area (Å²) < 4.78 is 6.46. The first-order valence-corrected chi connectivity index (χ1v) is 13.5. The summed E-state index contributed by atoms with van der Waals surface area (Å²) in [5.74, 6) is 0. The summed E-state index contributed by atoms with van der Waals surface area (Å²) in [4.78, 5) is 13.9. The van der Waals surface area contributed by atoms with E-state index in [0.29, 0.717) is 11.1 Å². The van der Waals surface area contributed by atoms with Gasteiger partial charge < -0.3 is 8.91 Å². The minimum Gasteiger partial charge on any atom is -0.838 e. The third-order valence-electron chi connectivity index (χ3n) is 5.26. The van der Waals surface area contributed by atoms with Gasteiger partial charge in [0, 0.05) is 0 Å². The summed E-state index contributed by atoms with van der Waals surface area (Å²) >= 11 is 0. The van der Waals surface area contributed by atoms with Crippen LogP contribution in [0.5, 0.6) is 0 Å². The first kappa shape index (κ1) is 19.7. The summed E-state index contributed by atoms with van der Waals surface area (Å²) in [6.45, 7) is 8.22. The molecule has 0 aromatic heterocycles.